The molecule has 0 spiro atoms. The van der Waals surface area contributed by atoms with Gasteiger partial charge in [0.15, 0.2) is 5.69 Å². The zero-order valence-corrected chi connectivity index (χ0v) is 10.7. The highest BCUT2D eigenvalue weighted by atomic mass is 16.5. The van der Waals surface area contributed by atoms with Gasteiger partial charge in [-0.3, -0.25) is 10.1 Å². The number of aromatic amines is 1. The van der Waals surface area contributed by atoms with Gasteiger partial charge in [0.2, 0.25) is 0 Å². The molecule has 0 aliphatic rings. The number of benzene rings is 1. The zero-order chi connectivity index (χ0) is 14.4. The van der Waals surface area contributed by atoms with Crippen LogP contribution in [-0.4, -0.2) is 34.0 Å². The number of amides is 2. The molecule has 0 aliphatic carbocycles. The largest absolute Gasteiger partial charge is 0.450 e. The molecule has 8 nitrogen and oxygen atoms in total. The van der Waals surface area contributed by atoms with E-state index in [1.165, 1.54) is 6.20 Å². The number of hydrogen-bond donors (Lipinski definition) is 3. The number of hydrogen-bond acceptors (Lipinski definition) is 5. The third kappa shape index (κ3) is 3.55. The Morgan fingerprint density at radius 3 is 2.40 bits per heavy atom. The number of aromatic nitrogens is 3. The van der Waals surface area contributed by atoms with Crippen LogP contribution in [-0.2, 0) is 4.74 Å². The van der Waals surface area contributed by atoms with E-state index in [0.717, 1.165) is 0 Å². The molecule has 0 unspecified atom stereocenters. The van der Waals surface area contributed by atoms with Crippen LogP contribution >= 0.6 is 0 Å². The Kier molecular flexibility index (Phi) is 4.28. The molecule has 2 rings (SSSR count). The minimum absolute atomic E-state index is 0.193. The van der Waals surface area contributed by atoms with Crippen LogP contribution in [0.5, 0.6) is 0 Å². The summed E-state index contributed by atoms with van der Waals surface area (Å²) in [6.45, 7) is 2.03. The first kappa shape index (κ1) is 13.5. The van der Waals surface area contributed by atoms with E-state index in [2.05, 4.69) is 26.0 Å². The van der Waals surface area contributed by atoms with Gasteiger partial charge in [-0.1, -0.05) is 0 Å². The second-order valence-electron chi connectivity index (χ2n) is 3.73. The Labute approximate surface area is 114 Å². The van der Waals surface area contributed by atoms with E-state index in [4.69, 9.17) is 4.74 Å². The number of carbonyl (C=O) groups excluding carboxylic acids is 2. The van der Waals surface area contributed by atoms with E-state index in [1.54, 1.807) is 31.2 Å². The topological polar surface area (TPSA) is 109 Å². The van der Waals surface area contributed by atoms with Crippen molar-refractivity contribution in [1.29, 1.82) is 0 Å². The summed E-state index contributed by atoms with van der Waals surface area (Å²) in [6, 6.07) is 6.60. The van der Waals surface area contributed by atoms with Gasteiger partial charge in [0.1, 0.15) is 0 Å². The average Bonchev–Trinajstić information content (AvgIpc) is 2.95. The first-order chi connectivity index (χ1) is 9.69. The van der Waals surface area contributed by atoms with Crippen LogP contribution < -0.4 is 10.6 Å². The van der Waals surface area contributed by atoms with Gasteiger partial charge in [-0.2, -0.15) is 15.4 Å². The molecule has 1 aromatic carbocycles. The number of rotatable bonds is 4. The van der Waals surface area contributed by atoms with Crippen molar-refractivity contribution in [3.8, 4) is 0 Å². The predicted molar refractivity (Wildman–Crippen MR) is 71.4 cm³/mol. The minimum Gasteiger partial charge on any atom is -0.450 e. The van der Waals surface area contributed by atoms with Crippen molar-refractivity contribution in [2.75, 3.05) is 17.2 Å². The fourth-order valence-corrected chi connectivity index (χ4v) is 1.43. The Bertz CT molecular complexity index is 580. The maximum Gasteiger partial charge on any atom is 0.411 e. The van der Waals surface area contributed by atoms with Crippen LogP contribution in [0.4, 0.5) is 16.2 Å². The van der Waals surface area contributed by atoms with Gasteiger partial charge in [0.05, 0.1) is 12.8 Å². The number of carbonyl (C=O) groups is 2. The lowest BCUT2D eigenvalue weighted by atomic mass is 10.2. The smallest absolute Gasteiger partial charge is 0.411 e. The second kappa shape index (κ2) is 6.32. The molecule has 0 radical (unpaired) electrons. The van der Waals surface area contributed by atoms with Crippen LogP contribution in [0, 0.1) is 0 Å². The number of ether oxygens (including phenoxy) is 1. The van der Waals surface area contributed by atoms with Gasteiger partial charge in [0.25, 0.3) is 5.91 Å². The van der Waals surface area contributed by atoms with Crippen molar-refractivity contribution in [3.63, 3.8) is 0 Å². The number of nitrogens with one attached hydrogen (secondary N) is 3. The molecular formula is C12H13N5O3. The summed E-state index contributed by atoms with van der Waals surface area (Å²) in [4.78, 5) is 22.9. The van der Waals surface area contributed by atoms with Crippen molar-refractivity contribution in [3.05, 3.63) is 36.2 Å². The van der Waals surface area contributed by atoms with E-state index in [-0.39, 0.29) is 11.6 Å². The summed E-state index contributed by atoms with van der Waals surface area (Å²) in [5, 5.41) is 14.8. The predicted octanol–water partition coefficient (Wildman–Crippen LogP) is 1.63. The summed E-state index contributed by atoms with van der Waals surface area (Å²) < 4.78 is 4.75. The average molecular weight is 275 g/mol. The normalized spacial score (nSPS) is 9.85. The van der Waals surface area contributed by atoms with E-state index < -0.39 is 6.09 Å². The van der Waals surface area contributed by atoms with Gasteiger partial charge in [-0.25, -0.2) is 4.79 Å². The molecule has 8 heteroatoms. The highest BCUT2D eigenvalue weighted by Crippen LogP contribution is 2.14. The number of nitrogens with zero attached hydrogens (tertiary/aromatic N) is 2. The molecule has 1 aromatic heterocycles. The lowest BCUT2D eigenvalue weighted by molar-refractivity contribution is 0.102. The van der Waals surface area contributed by atoms with Crippen molar-refractivity contribution in [2.24, 2.45) is 0 Å². The van der Waals surface area contributed by atoms with Crippen LogP contribution in [0.3, 0.4) is 0 Å². The van der Waals surface area contributed by atoms with Crippen molar-refractivity contribution in [1.82, 2.24) is 15.4 Å². The molecule has 20 heavy (non-hydrogen) atoms. The maximum absolute atomic E-state index is 11.7. The third-order valence-corrected chi connectivity index (χ3v) is 2.31. The molecule has 104 valence electrons. The fourth-order valence-electron chi connectivity index (χ4n) is 1.43. The highest BCUT2D eigenvalue weighted by molar-refractivity contribution is 6.02. The van der Waals surface area contributed by atoms with Crippen LogP contribution in [0.25, 0.3) is 0 Å². The SMILES string of the molecule is CCOC(=O)Nc1ccc(NC(=O)c2cn[nH]n2)cc1. The van der Waals surface area contributed by atoms with Crippen molar-refractivity contribution < 1.29 is 14.3 Å². The molecule has 2 amide bonds. The fraction of sp³-hybridized carbons (Fsp3) is 0.167. The molecule has 0 atom stereocenters. The number of anilines is 2. The summed E-state index contributed by atoms with van der Waals surface area (Å²) >= 11 is 0. The Hall–Kier alpha value is -2.90. The van der Waals surface area contributed by atoms with Crippen molar-refractivity contribution in [2.45, 2.75) is 6.92 Å². The maximum atomic E-state index is 11.7. The van der Waals surface area contributed by atoms with Crippen LogP contribution in [0.15, 0.2) is 30.5 Å². The molecule has 2 aromatic rings. The molecule has 1 heterocycles. The Morgan fingerprint density at radius 1 is 1.20 bits per heavy atom. The lowest BCUT2D eigenvalue weighted by Crippen LogP contribution is -2.14. The Morgan fingerprint density at radius 2 is 1.85 bits per heavy atom. The standard InChI is InChI=1S/C12H13N5O3/c1-2-20-12(19)15-9-5-3-8(4-6-9)14-11(18)10-7-13-17-16-10/h3-7H,2H2,1H3,(H,14,18)(H,15,19)(H,13,16,17). The molecule has 0 fully saturated rings. The highest BCUT2D eigenvalue weighted by Gasteiger charge is 2.08. The van der Waals surface area contributed by atoms with E-state index >= 15 is 0 Å². The summed E-state index contributed by atoms with van der Waals surface area (Å²) in [6.07, 6.45) is 0.804. The van der Waals surface area contributed by atoms with Gasteiger partial charge in [0, 0.05) is 11.4 Å². The molecule has 0 saturated carbocycles. The molecular weight excluding hydrogens is 262 g/mol. The minimum atomic E-state index is -0.521. The number of H-pyrrole nitrogens is 1. The Balaban J connectivity index is 1.95. The van der Waals surface area contributed by atoms with Gasteiger partial charge < -0.3 is 10.1 Å². The van der Waals surface area contributed by atoms with Gasteiger partial charge in [-0.05, 0) is 31.2 Å². The van der Waals surface area contributed by atoms with E-state index in [9.17, 15) is 9.59 Å². The first-order valence-corrected chi connectivity index (χ1v) is 5.90. The van der Waals surface area contributed by atoms with E-state index in [1.807, 2.05) is 0 Å². The van der Waals surface area contributed by atoms with Gasteiger partial charge >= 0.3 is 6.09 Å². The van der Waals surface area contributed by atoms with Crippen molar-refractivity contribution >= 4 is 23.4 Å². The molecule has 0 bridgehead atoms. The molecule has 0 saturated heterocycles. The molecule has 3 N–H and O–H groups in total. The summed E-state index contributed by atoms with van der Waals surface area (Å²) in [5.41, 5.74) is 1.34. The quantitative estimate of drug-likeness (QED) is 0.785. The lowest BCUT2D eigenvalue weighted by Gasteiger charge is -2.07. The summed E-state index contributed by atoms with van der Waals surface area (Å²) in [7, 11) is 0. The molecule has 0 aliphatic heterocycles. The van der Waals surface area contributed by atoms with Gasteiger partial charge in [-0.15, -0.1) is 0 Å². The third-order valence-electron chi connectivity index (χ3n) is 2.31. The first-order valence-electron chi connectivity index (χ1n) is 5.90. The van der Waals surface area contributed by atoms with Crippen LogP contribution in [0.1, 0.15) is 17.4 Å². The summed E-state index contributed by atoms with van der Waals surface area (Å²) in [5.74, 6) is -0.371. The monoisotopic (exact) mass is 275 g/mol. The second-order valence-corrected chi connectivity index (χ2v) is 3.73. The zero-order valence-electron chi connectivity index (χ0n) is 10.7. The van der Waals surface area contributed by atoms with Crippen LogP contribution in [0.2, 0.25) is 0 Å². The van der Waals surface area contributed by atoms with E-state index in [0.29, 0.717) is 18.0 Å².